The van der Waals surface area contributed by atoms with Gasteiger partial charge < -0.3 is 19.8 Å². The molecule has 1 aliphatic heterocycles. The van der Waals surface area contributed by atoms with E-state index in [1.165, 1.54) is 10.6 Å². The molecule has 9 nitrogen and oxygen atoms in total. The highest BCUT2D eigenvalue weighted by Crippen LogP contribution is 2.23. The highest BCUT2D eigenvalue weighted by atomic mass is 32.1. The summed E-state index contributed by atoms with van der Waals surface area (Å²) in [6.07, 6.45) is -6.42. The van der Waals surface area contributed by atoms with E-state index in [1.807, 2.05) is 23.8 Å². The van der Waals surface area contributed by atoms with E-state index >= 15 is 0 Å². The fourth-order valence-electron chi connectivity index (χ4n) is 2.60. The molecule has 0 fully saturated rings. The van der Waals surface area contributed by atoms with Crippen molar-refractivity contribution < 1.29 is 50.9 Å². The van der Waals surface area contributed by atoms with Crippen LogP contribution in [0, 0.1) is 0 Å². The summed E-state index contributed by atoms with van der Waals surface area (Å²) in [5, 5.41) is 17.5. The molecule has 2 N–H and O–H groups in total. The lowest BCUT2D eigenvalue weighted by atomic mass is 10.2. The van der Waals surface area contributed by atoms with Gasteiger partial charge in [-0.3, -0.25) is 4.90 Å². The summed E-state index contributed by atoms with van der Waals surface area (Å²) in [6, 6.07) is 4.18. The molecule has 1 aliphatic rings. The molecule has 3 heterocycles. The van der Waals surface area contributed by atoms with Crippen molar-refractivity contribution in [3.63, 3.8) is 0 Å². The number of carbonyl (C=O) groups is 2. The van der Waals surface area contributed by atoms with E-state index in [-0.39, 0.29) is 0 Å². The third-order valence-corrected chi connectivity index (χ3v) is 4.90. The zero-order valence-corrected chi connectivity index (χ0v) is 19.0. The summed E-state index contributed by atoms with van der Waals surface area (Å²) in [5.41, 5.74) is 1.28. The Morgan fingerprint density at radius 3 is 2.14 bits per heavy atom. The summed E-state index contributed by atoms with van der Waals surface area (Å²) in [5.74, 6) is -4.42. The number of hydrogen-bond donors (Lipinski definition) is 2. The molecule has 0 unspecified atom stereocenters. The zero-order valence-electron chi connectivity index (χ0n) is 18.2. The van der Waals surface area contributed by atoms with E-state index in [4.69, 9.17) is 24.5 Å². The van der Waals surface area contributed by atoms with E-state index in [1.54, 1.807) is 18.4 Å². The molecule has 35 heavy (non-hydrogen) atoms. The van der Waals surface area contributed by atoms with Crippen LogP contribution in [-0.2, 0) is 27.4 Å². The number of rotatable bonds is 5. The van der Waals surface area contributed by atoms with Gasteiger partial charge in [-0.1, -0.05) is 6.07 Å². The predicted molar refractivity (Wildman–Crippen MR) is 112 cm³/mol. The highest BCUT2D eigenvalue weighted by molar-refractivity contribution is 7.09. The number of hydrogen-bond acceptors (Lipinski definition) is 8. The minimum absolute atomic E-state index is 0.725. The predicted octanol–water partition coefficient (Wildman–Crippen LogP) is 3.27. The molecular formula is C19H22F6N4O5S. The van der Waals surface area contributed by atoms with Crippen molar-refractivity contribution in [2.75, 3.05) is 38.3 Å². The molecule has 0 spiro atoms. The van der Waals surface area contributed by atoms with Gasteiger partial charge >= 0.3 is 24.3 Å². The standard InChI is InChI=1S/C15H20N4OS.2C2HF3O2/c1-20-9-8-19-7-6-18(12-14-16-5-10-21-14)11-13-3-2-4-17-15(13)19;2*3-2(4,5)1(6)7/h2-5,10H,6-9,11-12H2,1H3;2*(H,6,7). The minimum atomic E-state index is -5.08. The average molecular weight is 532 g/mol. The van der Waals surface area contributed by atoms with E-state index in [9.17, 15) is 26.3 Å². The van der Waals surface area contributed by atoms with Gasteiger partial charge in [-0.15, -0.1) is 11.3 Å². The maximum atomic E-state index is 10.6. The minimum Gasteiger partial charge on any atom is -0.475 e. The van der Waals surface area contributed by atoms with Crippen molar-refractivity contribution in [2.45, 2.75) is 25.4 Å². The number of ether oxygens (including phenoxy) is 1. The summed E-state index contributed by atoms with van der Waals surface area (Å²) in [4.78, 5) is 31.5. The number of alkyl halides is 6. The van der Waals surface area contributed by atoms with Crippen molar-refractivity contribution in [2.24, 2.45) is 0 Å². The van der Waals surface area contributed by atoms with Crippen LogP contribution in [0.3, 0.4) is 0 Å². The van der Waals surface area contributed by atoms with Crippen LogP contribution in [0.4, 0.5) is 32.2 Å². The molecule has 0 saturated carbocycles. The number of aliphatic carboxylic acids is 2. The van der Waals surface area contributed by atoms with E-state index in [2.05, 4.69) is 25.8 Å². The first kappa shape index (κ1) is 30.1. The van der Waals surface area contributed by atoms with Crippen molar-refractivity contribution in [3.05, 3.63) is 40.5 Å². The molecule has 0 radical (unpaired) electrons. The highest BCUT2D eigenvalue weighted by Gasteiger charge is 2.38. The molecule has 2 aromatic heterocycles. The van der Waals surface area contributed by atoms with Gasteiger partial charge in [0.1, 0.15) is 10.8 Å². The van der Waals surface area contributed by atoms with Crippen LogP contribution in [0.25, 0.3) is 0 Å². The number of carboxylic acids is 2. The van der Waals surface area contributed by atoms with Crippen LogP contribution in [0.2, 0.25) is 0 Å². The Kier molecular flexibility index (Phi) is 11.8. The average Bonchev–Trinajstić information content (AvgIpc) is 3.20. The van der Waals surface area contributed by atoms with Crippen LogP contribution >= 0.6 is 11.3 Å². The van der Waals surface area contributed by atoms with Gasteiger partial charge in [-0.2, -0.15) is 26.3 Å². The third kappa shape index (κ3) is 11.3. The van der Waals surface area contributed by atoms with Gasteiger partial charge in [0.15, 0.2) is 0 Å². The maximum Gasteiger partial charge on any atom is 0.490 e. The molecular weight excluding hydrogens is 510 g/mol. The van der Waals surface area contributed by atoms with Gasteiger partial charge in [0, 0.05) is 56.6 Å². The smallest absolute Gasteiger partial charge is 0.475 e. The maximum absolute atomic E-state index is 10.6. The Hall–Kier alpha value is -2.98. The Labute approximate surface area is 199 Å². The van der Waals surface area contributed by atoms with Crippen molar-refractivity contribution in [1.29, 1.82) is 0 Å². The van der Waals surface area contributed by atoms with Crippen LogP contribution in [0.5, 0.6) is 0 Å². The topological polar surface area (TPSA) is 116 Å². The van der Waals surface area contributed by atoms with E-state index < -0.39 is 24.3 Å². The second-order valence-corrected chi connectivity index (χ2v) is 7.69. The summed E-state index contributed by atoms with van der Waals surface area (Å²) >= 11 is 1.72. The zero-order chi connectivity index (χ0) is 26.6. The Morgan fingerprint density at radius 2 is 1.66 bits per heavy atom. The fraction of sp³-hybridized carbons (Fsp3) is 0.474. The van der Waals surface area contributed by atoms with Gasteiger partial charge in [-0.25, -0.2) is 19.6 Å². The number of fused-ring (bicyclic) bond motifs is 1. The third-order valence-electron chi connectivity index (χ3n) is 4.14. The van der Waals surface area contributed by atoms with Gasteiger partial charge in [0.05, 0.1) is 13.2 Å². The summed E-state index contributed by atoms with van der Waals surface area (Å²) < 4.78 is 68.7. The number of pyridine rings is 1. The lowest BCUT2D eigenvalue weighted by Gasteiger charge is -2.23. The lowest BCUT2D eigenvalue weighted by Crippen LogP contribution is -2.33. The molecule has 16 heteroatoms. The van der Waals surface area contributed by atoms with Gasteiger partial charge in [-0.05, 0) is 6.07 Å². The fourth-order valence-corrected chi connectivity index (χ4v) is 3.26. The molecule has 196 valence electrons. The Bertz CT molecular complexity index is 903. The van der Waals surface area contributed by atoms with Crippen molar-refractivity contribution in [1.82, 2.24) is 14.9 Å². The van der Waals surface area contributed by atoms with Crippen molar-refractivity contribution >= 4 is 29.1 Å². The van der Waals surface area contributed by atoms with Gasteiger partial charge in [0.25, 0.3) is 0 Å². The second-order valence-electron chi connectivity index (χ2n) is 6.71. The van der Waals surface area contributed by atoms with E-state index in [0.29, 0.717) is 0 Å². The first-order valence-corrected chi connectivity index (χ1v) is 10.5. The van der Waals surface area contributed by atoms with Crippen LogP contribution < -0.4 is 4.90 Å². The quantitative estimate of drug-likeness (QED) is 0.560. The Morgan fingerprint density at radius 1 is 1.06 bits per heavy atom. The first-order chi connectivity index (χ1) is 16.3. The molecule has 2 aromatic rings. The SMILES string of the molecule is COCCN1CCN(Cc2nccs2)Cc2cccnc21.O=C(O)C(F)(F)F.O=C(O)C(F)(F)F. The molecule has 0 saturated heterocycles. The molecule has 0 atom stereocenters. The summed E-state index contributed by atoms with van der Waals surface area (Å²) in [6.45, 7) is 5.42. The molecule has 0 aliphatic carbocycles. The van der Waals surface area contributed by atoms with Gasteiger partial charge in [0.2, 0.25) is 0 Å². The number of methoxy groups -OCH3 is 1. The molecule has 0 aromatic carbocycles. The van der Waals surface area contributed by atoms with Crippen LogP contribution in [-0.4, -0.2) is 82.7 Å². The van der Waals surface area contributed by atoms with Crippen LogP contribution in [0.15, 0.2) is 29.9 Å². The largest absolute Gasteiger partial charge is 0.490 e. The monoisotopic (exact) mass is 532 g/mol. The number of carboxylic acid groups (broad SMARTS) is 2. The molecule has 0 amide bonds. The normalized spacial score (nSPS) is 14.0. The number of halogens is 6. The molecule has 0 bridgehead atoms. The number of nitrogens with zero attached hydrogens (tertiary/aromatic N) is 4. The second kappa shape index (κ2) is 13.8. The lowest BCUT2D eigenvalue weighted by molar-refractivity contribution is -0.193. The number of aromatic nitrogens is 2. The van der Waals surface area contributed by atoms with E-state index in [0.717, 1.165) is 45.1 Å². The number of thiazole rings is 1. The number of anilines is 1. The first-order valence-electron chi connectivity index (χ1n) is 9.64. The van der Waals surface area contributed by atoms with Crippen LogP contribution in [0.1, 0.15) is 10.6 Å². The summed E-state index contributed by atoms with van der Waals surface area (Å²) in [7, 11) is 1.74. The van der Waals surface area contributed by atoms with Crippen molar-refractivity contribution in [3.8, 4) is 0 Å². The molecule has 3 rings (SSSR count). The Balaban J connectivity index is 0.000000362.